The maximum absolute atomic E-state index is 12.0. The molecule has 1 atom stereocenters. The molecular formula is C18H31IN4O2. The molecule has 1 rings (SSSR count). The average molecular weight is 462 g/mol. The summed E-state index contributed by atoms with van der Waals surface area (Å²) < 4.78 is 5.13. The summed E-state index contributed by atoms with van der Waals surface area (Å²) in [4.78, 5) is 18.2. The van der Waals surface area contributed by atoms with Crippen LogP contribution in [0.2, 0.25) is 0 Å². The molecule has 25 heavy (non-hydrogen) atoms. The molecule has 0 radical (unpaired) electrons. The van der Waals surface area contributed by atoms with Gasteiger partial charge in [-0.25, -0.2) is 0 Å². The number of hydrogen-bond acceptors (Lipinski definition) is 3. The van der Waals surface area contributed by atoms with Crippen molar-refractivity contribution in [3.05, 3.63) is 35.4 Å². The summed E-state index contributed by atoms with van der Waals surface area (Å²) in [5, 5.41) is 6.53. The third-order valence-corrected chi connectivity index (χ3v) is 3.39. The Kier molecular flexibility index (Phi) is 12.2. The van der Waals surface area contributed by atoms with Crippen LogP contribution in [0.25, 0.3) is 0 Å². The van der Waals surface area contributed by atoms with E-state index in [1.807, 2.05) is 38.1 Å². The fourth-order valence-electron chi connectivity index (χ4n) is 2.26. The zero-order chi connectivity index (χ0) is 17.9. The van der Waals surface area contributed by atoms with E-state index in [0.717, 1.165) is 24.5 Å². The fraction of sp³-hybridized carbons (Fsp3) is 0.556. The molecule has 2 N–H and O–H groups in total. The van der Waals surface area contributed by atoms with Crippen molar-refractivity contribution >= 4 is 35.8 Å². The van der Waals surface area contributed by atoms with Crippen LogP contribution in [0.15, 0.2) is 29.3 Å². The molecule has 0 bridgehead atoms. The summed E-state index contributed by atoms with van der Waals surface area (Å²) in [6, 6.07) is 7.91. The second kappa shape index (κ2) is 12.9. The molecule has 1 aromatic carbocycles. The molecule has 0 spiro atoms. The highest BCUT2D eigenvalue weighted by atomic mass is 127. The van der Waals surface area contributed by atoms with Crippen molar-refractivity contribution in [2.45, 2.75) is 26.3 Å². The molecule has 1 amide bonds. The van der Waals surface area contributed by atoms with Gasteiger partial charge in [0.25, 0.3) is 5.91 Å². The number of aliphatic imine (C=N–C) groups is 1. The molecule has 0 aliphatic rings. The average Bonchev–Trinajstić information content (AvgIpc) is 2.54. The highest BCUT2D eigenvalue weighted by Gasteiger charge is 2.08. The van der Waals surface area contributed by atoms with Gasteiger partial charge in [0.1, 0.15) is 0 Å². The van der Waals surface area contributed by atoms with Crippen molar-refractivity contribution in [1.82, 2.24) is 15.5 Å². The Morgan fingerprint density at radius 3 is 2.68 bits per heavy atom. The number of carbonyl (C=O) groups excluding carboxylic acids is 1. The molecule has 1 unspecified atom stereocenters. The van der Waals surface area contributed by atoms with Crippen molar-refractivity contribution in [3.8, 4) is 0 Å². The number of guanidine groups is 1. The van der Waals surface area contributed by atoms with Gasteiger partial charge < -0.3 is 20.3 Å². The third-order valence-electron chi connectivity index (χ3n) is 3.39. The molecular weight excluding hydrogens is 431 g/mol. The van der Waals surface area contributed by atoms with Crippen molar-refractivity contribution in [2.75, 3.05) is 40.9 Å². The summed E-state index contributed by atoms with van der Waals surface area (Å²) >= 11 is 0. The SMILES string of the molecule is CCNC(=NCCc1cccc(C(=O)N(C)C)c1)NC(C)COC.I. The minimum absolute atomic E-state index is 0. The number of methoxy groups -OCH3 is 1. The van der Waals surface area contributed by atoms with Crippen LogP contribution in [0.1, 0.15) is 29.8 Å². The van der Waals surface area contributed by atoms with E-state index < -0.39 is 0 Å². The van der Waals surface area contributed by atoms with Crippen LogP contribution in [0, 0.1) is 0 Å². The lowest BCUT2D eigenvalue weighted by atomic mass is 10.1. The minimum atomic E-state index is 0. The predicted molar refractivity (Wildman–Crippen MR) is 114 cm³/mol. The van der Waals surface area contributed by atoms with Gasteiger partial charge in [-0.05, 0) is 38.0 Å². The van der Waals surface area contributed by atoms with Crippen LogP contribution in [0.4, 0.5) is 0 Å². The van der Waals surface area contributed by atoms with Crippen molar-refractivity contribution in [1.29, 1.82) is 0 Å². The van der Waals surface area contributed by atoms with Gasteiger partial charge >= 0.3 is 0 Å². The Labute approximate surface area is 168 Å². The van der Waals surface area contributed by atoms with E-state index >= 15 is 0 Å². The monoisotopic (exact) mass is 462 g/mol. The summed E-state index contributed by atoms with van der Waals surface area (Å²) in [6.45, 7) is 6.16. The maximum Gasteiger partial charge on any atom is 0.253 e. The highest BCUT2D eigenvalue weighted by molar-refractivity contribution is 14.0. The number of ether oxygens (including phenoxy) is 1. The standard InChI is InChI=1S/C18H30N4O2.HI/c1-6-19-18(21-14(2)13-24-5)20-11-10-15-8-7-9-16(12-15)17(23)22(3)4;/h7-9,12,14H,6,10-11,13H2,1-5H3,(H2,19,20,21);1H. The Bertz CT molecular complexity index is 550. The van der Waals surface area contributed by atoms with Gasteiger partial charge in [0, 0.05) is 45.9 Å². The van der Waals surface area contributed by atoms with E-state index in [9.17, 15) is 4.79 Å². The topological polar surface area (TPSA) is 66.0 Å². The van der Waals surface area contributed by atoms with Crippen LogP contribution in [0.3, 0.4) is 0 Å². The molecule has 0 saturated carbocycles. The van der Waals surface area contributed by atoms with Gasteiger partial charge in [0.15, 0.2) is 5.96 Å². The second-order valence-corrected chi connectivity index (χ2v) is 5.91. The van der Waals surface area contributed by atoms with Crippen molar-refractivity contribution < 1.29 is 9.53 Å². The molecule has 142 valence electrons. The number of nitrogens with zero attached hydrogens (tertiary/aromatic N) is 2. The lowest BCUT2D eigenvalue weighted by Gasteiger charge is -2.17. The molecule has 6 nitrogen and oxygen atoms in total. The largest absolute Gasteiger partial charge is 0.383 e. The number of nitrogens with one attached hydrogen (secondary N) is 2. The first-order valence-electron chi connectivity index (χ1n) is 8.32. The second-order valence-electron chi connectivity index (χ2n) is 5.91. The zero-order valence-electron chi connectivity index (χ0n) is 15.8. The first-order valence-corrected chi connectivity index (χ1v) is 8.32. The zero-order valence-corrected chi connectivity index (χ0v) is 18.2. The maximum atomic E-state index is 12.0. The van der Waals surface area contributed by atoms with Gasteiger partial charge in [0.2, 0.25) is 0 Å². The van der Waals surface area contributed by atoms with Crippen LogP contribution in [-0.4, -0.2) is 63.7 Å². The van der Waals surface area contributed by atoms with Crippen LogP contribution < -0.4 is 10.6 Å². The van der Waals surface area contributed by atoms with E-state index in [-0.39, 0.29) is 35.9 Å². The minimum Gasteiger partial charge on any atom is -0.383 e. The predicted octanol–water partition coefficient (Wildman–Crippen LogP) is 2.14. The Balaban J connectivity index is 0.00000576. The van der Waals surface area contributed by atoms with Crippen LogP contribution in [-0.2, 0) is 11.2 Å². The Morgan fingerprint density at radius 2 is 2.08 bits per heavy atom. The van der Waals surface area contributed by atoms with Gasteiger partial charge in [-0.15, -0.1) is 24.0 Å². The quantitative estimate of drug-likeness (QED) is 0.353. The van der Waals surface area contributed by atoms with Gasteiger partial charge in [0.05, 0.1) is 6.61 Å². The molecule has 0 aliphatic heterocycles. The normalized spacial score (nSPS) is 12.1. The summed E-state index contributed by atoms with van der Waals surface area (Å²) in [6.07, 6.45) is 0.782. The van der Waals surface area contributed by atoms with E-state index in [0.29, 0.717) is 18.7 Å². The first-order chi connectivity index (χ1) is 11.5. The summed E-state index contributed by atoms with van der Waals surface area (Å²) in [5.41, 5.74) is 1.81. The molecule has 0 aromatic heterocycles. The highest BCUT2D eigenvalue weighted by Crippen LogP contribution is 2.08. The number of halogens is 1. The first kappa shape index (κ1) is 23.6. The van der Waals surface area contributed by atoms with Crippen LogP contribution >= 0.6 is 24.0 Å². The molecule has 0 fully saturated rings. The number of hydrogen-bond donors (Lipinski definition) is 2. The smallest absolute Gasteiger partial charge is 0.253 e. The van der Waals surface area contributed by atoms with Crippen LogP contribution in [0.5, 0.6) is 0 Å². The molecule has 1 aromatic rings. The number of rotatable bonds is 8. The van der Waals surface area contributed by atoms with Gasteiger partial charge in [-0.3, -0.25) is 9.79 Å². The molecule has 7 heteroatoms. The molecule has 0 heterocycles. The Hall–Kier alpha value is -1.35. The molecule has 0 aliphatic carbocycles. The van der Waals surface area contributed by atoms with E-state index in [2.05, 4.69) is 15.6 Å². The van der Waals surface area contributed by atoms with Crippen molar-refractivity contribution in [2.24, 2.45) is 4.99 Å². The number of amides is 1. The third kappa shape index (κ3) is 9.06. The number of benzene rings is 1. The van der Waals surface area contributed by atoms with E-state index in [4.69, 9.17) is 4.74 Å². The summed E-state index contributed by atoms with van der Waals surface area (Å²) in [5.74, 6) is 0.798. The number of carbonyl (C=O) groups is 1. The van der Waals surface area contributed by atoms with E-state index in [1.54, 1.807) is 26.1 Å². The lowest BCUT2D eigenvalue weighted by Crippen LogP contribution is -2.44. The van der Waals surface area contributed by atoms with Gasteiger partial charge in [-0.1, -0.05) is 12.1 Å². The van der Waals surface area contributed by atoms with E-state index in [1.165, 1.54) is 0 Å². The Morgan fingerprint density at radius 1 is 1.36 bits per heavy atom. The lowest BCUT2D eigenvalue weighted by molar-refractivity contribution is 0.0827. The summed E-state index contributed by atoms with van der Waals surface area (Å²) in [7, 11) is 5.20. The van der Waals surface area contributed by atoms with Crippen molar-refractivity contribution in [3.63, 3.8) is 0 Å². The fourth-order valence-corrected chi connectivity index (χ4v) is 2.26. The van der Waals surface area contributed by atoms with Gasteiger partial charge in [-0.2, -0.15) is 0 Å². The molecule has 0 saturated heterocycles.